The predicted molar refractivity (Wildman–Crippen MR) is 37.5 cm³/mol. The standard InChI is InChI=1S/C6H9NOSe/c1-3-5-4(2)7-6(8)9-5/h3-4H,1-2H3,(H,7,8)/b5-3-. The Bertz CT molecular complexity index is 164. The van der Waals surface area contributed by atoms with Crippen molar-refractivity contribution in [3.05, 3.63) is 10.5 Å². The average molecular weight is 190 g/mol. The monoisotopic (exact) mass is 191 g/mol. The molecular formula is C6H9NOSe. The van der Waals surface area contributed by atoms with Crippen molar-refractivity contribution in [3.63, 3.8) is 0 Å². The first kappa shape index (κ1) is 6.84. The fourth-order valence-electron chi connectivity index (χ4n) is 0.782. The molecule has 1 N–H and O–H groups in total. The van der Waals surface area contributed by atoms with Crippen molar-refractivity contribution in [3.8, 4) is 0 Å². The molecular weight excluding hydrogens is 181 g/mol. The molecule has 0 spiro atoms. The molecule has 0 aliphatic carbocycles. The van der Waals surface area contributed by atoms with Crippen molar-refractivity contribution < 1.29 is 4.79 Å². The van der Waals surface area contributed by atoms with Crippen LogP contribution in [0.15, 0.2) is 10.5 Å². The second-order valence-corrected chi connectivity index (χ2v) is 4.14. The van der Waals surface area contributed by atoms with Gasteiger partial charge in [0.1, 0.15) is 0 Å². The first-order valence-corrected chi connectivity index (χ1v) is 4.60. The van der Waals surface area contributed by atoms with Gasteiger partial charge in [-0.15, -0.1) is 0 Å². The van der Waals surface area contributed by atoms with Gasteiger partial charge in [-0.25, -0.2) is 0 Å². The van der Waals surface area contributed by atoms with Gasteiger partial charge in [-0.2, -0.15) is 0 Å². The van der Waals surface area contributed by atoms with Gasteiger partial charge >= 0.3 is 60.3 Å². The van der Waals surface area contributed by atoms with Crippen molar-refractivity contribution >= 4 is 19.8 Å². The van der Waals surface area contributed by atoms with Crippen molar-refractivity contribution in [2.75, 3.05) is 0 Å². The molecule has 1 saturated heterocycles. The number of hydrogen-bond donors (Lipinski definition) is 1. The first-order valence-electron chi connectivity index (χ1n) is 2.88. The third kappa shape index (κ3) is 1.35. The SMILES string of the molecule is C/C=C1\[Se]C(=O)NC1C. The number of rotatable bonds is 0. The minimum atomic E-state index is 0.0775. The topological polar surface area (TPSA) is 29.1 Å². The third-order valence-electron chi connectivity index (χ3n) is 1.26. The van der Waals surface area contributed by atoms with E-state index < -0.39 is 0 Å². The number of hydrogen-bond acceptors (Lipinski definition) is 1. The summed E-state index contributed by atoms with van der Waals surface area (Å²) in [7, 11) is 0. The van der Waals surface area contributed by atoms with E-state index in [1.165, 1.54) is 4.47 Å². The number of carbonyl (C=O) groups is 1. The molecule has 0 aromatic rings. The summed E-state index contributed by atoms with van der Waals surface area (Å²) < 4.78 is 1.27. The summed E-state index contributed by atoms with van der Waals surface area (Å²) in [6, 6.07) is 0.294. The quantitative estimate of drug-likeness (QED) is 0.560. The van der Waals surface area contributed by atoms with Crippen LogP contribution in [-0.2, 0) is 0 Å². The van der Waals surface area contributed by atoms with E-state index in [0.717, 1.165) is 0 Å². The van der Waals surface area contributed by atoms with E-state index in [0.29, 0.717) is 6.04 Å². The predicted octanol–water partition coefficient (Wildman–Crippen LogP) is 0.706. The fourth-order valence-corrected chi connectivity index (χ4v) is 2.47. The summed E-state index contributed by atoms with van der Waals surface area (Å²) >= 11 is 0.0775. The zero-order valence-electron chi connectivity index (χ0n) is 5.47. The Morgan fingerprint density at radius 2 is 2.44 bits per heavy atom. The molecule has 0 aromatic carbocycles. The van der Waals surface area contributed by atoms with E-state index in [-0.39, 0.29) is 19.8 Å². The Kier molecular flexibility index (Phi) is 1.93. The van der Waals surface area contributed by atoms with Crippen molar-refractivity contribution in [1.82, 2.24) is 5.32 Å². The summed E-state index contributed by atoms with van der Waals surface area (Å²) in [5.41, 5.74) is 0. The molecule has 9 heavy (non-hydrogen) atoms. The van der Waals surface area contributed by atoms with Crippen LogP contribution >= 0.6 is 0 Å². The molecule has 1 amide bonds. The zero-order chi connectivity index (χ0) is 6.85. The van der Waals surface area contributed by atoms with E-state index in [9.17, 15) is 4.79 Å². The summed E-state index contributed by atoms with van der Waals surface area (Å²) in [5.74, 6) is 0. The minimum absolute atomic E-state index is 0.0775. The first-order chi connectivity index (χ1) is 4.24. The Hall–Kier alpha value is -0.271. The number of allylic oxidation sites excluding steroid dienone is 1. The van der Waals surface area contributed by atoms with Crippen molar-refractivity contribution in [2.45, 2.75) is 19.9 Å². The van der Waals surface area contributed by atoms with Gasteiger partial charge in [-0.3, -0.25) is 0 Å². The number of nitrogens with one attached hydrogen (secondary N) is 1. The van der Waals surface area contributed by atoms with Crippen LogP contribution in [0.3, 0.4) is 0 Å². The van der Waals surface area contributed by atoms with Gasteiger partial charge in [0.15, 0.2) is 0 Å². The molecule has 1 aliphatic heterocycles. The second-order valence-electron chi connectivity index (χ2n) is 1.95. The van der Waals surface area contributed by atoms with E-state index >= 15 is 0 Å². The normalized spacial score (nSPS) is 31.1. The molecule has 1 fully saturated rings. The van der Waals surface area contributed by atoms with Gasteiger partial charge in [-0.05, 0) is 0 Å². The molecule has 1 atom stereocenters. The van der Waals surface area contributed by atoms with Gasteiger partial charge in [-0.1, -0.05) is 0 Å². The van der Waals surface area contributed by atoms with Crippen LogP contribution in [0.4, 0.5) is 4.79 Å². The Morgan fingerprint density at radius 3 is 2.67 bits per heavy atom. The van der Waals surface area contributed by atoms with Crippen LogP contribution in [0.5, 0.6) is 0 Å². The maximum absolute atomic E-state index is 10.7. The van der Waals surface area contributed by atoms with E-state index in [1.54, 1.807) is 0 Å². The van der Waals surface area contributed by atoms with E-state index in [4.69, 9.17) is 0 Å². The summed E-state index contributed by atoms with van der Waals surface area (Å²) in [6.07, 6.45) is 2.03. The van der Waals surface area contributed by atoms with Crippen LogP contribution in [0.1, 0.15) is 13.8 Å². The Balaban J connectivity index is 2.69. The van der Waals surface area contributed by atoms with Gasteiger partial charge in [0.2, 0.25) is 0 Å². The van der Waals surface area contributed by atoms with Crippen LogP contribution in [-0.4, -0.2) is 25.8 Å². The second kappa shape index (κ2) is 2.54. The van der Waals surface area contributed by atoms with Crippen LogP contribution in [0.2, 0.25) is 0 Å². The third-order valence-corrected chi connectivity index (χ3v) is 3.62. The van der Waals surface area contributed by atoms with Crippen LogP contribution < -0.4 is 5.32 Å². The number of amides is 1. The number of carbonyl (C=O) groups excluding carboxylic acids is 1. The molecule has 0 bridgehead atoms. The van der Waals surface area contributed by atoms with Crippen molar-refractivity contribution in [2.24, 2.45) is 0 Å². The zero-order valence-corrected chi connectivity index (χ0v) is 7.18. The van der Waals surface area contributed by atoms with Crippen molar-refractivity contribution in [1.29, 1.82) is 0 Å². The van der Waals surface area contributed by atoms with Gasteiger partial charge in [0, 0.05) is 0 Å². The molecule has 0 radical (unpaired) electrons. The Labute approximate surface area is 60.9 Å². The molecule has 1 aliphatic rings. The molecule has 1 unspecified atom stereocenters. The Morgan fingerprint density at radius 1 is 1.78 bits per heavy atom. The molecule has 50 valence electrons. The molecule has 2 nitrogen and oxygen atoms in total. The molecule has 3 heteroatoms. The van der Waals surface area contributed by atoms with Crippen LogP contribution in [0.25, 0.3) is 0 Å². The van der Waals surface area contributed by atoms with Gasteiger partial charge in [0.25, 0.3) is 0 Å². The van der Waals surface area contributed by atoms with Crippen LogP contribution in [0, 0.1) is 0 Å². The average Bonchev–Trinajstić information content (AvgIpc) is 2.10. The molecule has 1 heterocycles. The van der Waals surface area contributed by atoms with Gasteiger partial charge in [0.05, 0.1) is 0 Å². The maximum atomic E-state index is 10.7. The van der Waals surface area contributed by atoms with Gasteiger partial charge < -0.3 is 0 Å². The fraction of sp³-hybridized carbons (Fsp3) is 0.500. The molecule has 1 rings (SSSR count). The molecule has 0 aromatic heterocycles. The summed E-state index contributed by atoms with van der Waals surface area (Å²) in [5, 5.41) is 2.84. The molecule has 0 saturated carbocycles. The van der Waals surface area contributed by atoms with E-state index in [1.807, 2.05) is 19.9 Å². The summed E-state index contributed by atoms with van der Waals surface area (Å²) in [4.78, 5) is 10.9. The summed E-state index contributed by atoms with van der Waals surface area (Å²) in [6.45, 7) is 4.00. The van der Waals surface area contributed by atoms with E-state index in [2.05, 4.69) is 5.32 Å².